The largest absolute Gasteiger partial charge is 0.310 e. The number of likely N-dealkylation sites (N-methyl/N-ethyl adjacent to an activating group) is 1. The van der Waals surface area contributed by atoms with E-state index in [1.807, 2.05) is 25.1 Å². The fraction of sp³-hybridized carbons (Fsp3) is 0.250. The summed E-state index contributed by atoms with van der Waals surface area (Å²) >= 11 is 15.6. The highest BCUT2D eigenvalue weighted by atomic mass is 79.9. The molecule has 21 heavy (non-hydrogen) atoms. The quantitative estimate of drug-likeness (QED) is 0.681. The van der Waals surface area contributed by atoms with Crippen molar-refractivity contribution in [2.75, 3.05) is 6.54 Å². The maximum absolute atomic E-state index is 14.0. The van der Waals surface area contributed by atoms with Crippen LogP contribution in [0.4, 0.5) is 4.39 Å². The molecular formula is C16H15BrCl2FN. The van der Waals surface area contributed by atoms with E-state index >= 15 is 0 Å². The van der Waals surface area contributed by atoms with Crippen LogP contribution in [0.2, 0.25) is 10.0 Å². The Bertz CT molecular complexity index is 613. The molecule has 0 saturated carbocycles. The van der Waals surface area contributed by atoms with Crippen LogP contribution in [0.5, 0.6) is 0 Å². The molecule has 0 aromatic heterocycles. The van der Waals surface area contributed by atoms with Gasteiger partial charge in [0.2, 0.25) is 0 Å². The first kappa shape index (κ1) is 16.8. The van der Waals surface area contributed by atoms with E-state index in [1.54, 1.807) is 12.1 Å². The highest BCUT2D eigenvalue weighted by Crippen LogP contribution is 2.30. The van der Waals surface area contributed by atoms with Crippen LogP contribution in [0.15, 0.2) is 40.9 Å². The average molecular weight is 391 g/mol. The second-order valence-electron chi connectivity index (χ2n) is 4.69. The summed E-state index contributed by atoms with van der Waals surface area (Å²) in [6, 6.07) is 10.4. The molecule has 0 bridgehead atoms. The van der Waals surface area contributed by atoms with Gasteiger partial charge < -0.3 is 5.32 Å². The molecule has 0 aliphatic heterocycles. The third-order valence-corrected chi connectivity index (χ3v) is 4.85. The van der Waals surface area contributed by atoms with Gasteiger partial charge in [0.25, 0.3) is 0 Å². The van der Waals surface area contributed by atoms with E-state index in [2.05, 4.69) is 21.2 Å². The van der Waals surface area contributed by atoms with E-state index in [9.17, 15) is 4.39 Å². The summed E-state index contributed by atoms with van der Waals surface area (Å²) in [5.74, 6) is -0.284. The van der Waals surface area contributed by atoms with Crippen molar-refractivity contribution in [1.82, 2.24) is 5.32 Å². The summed E-state index contributed by atoms with van der Waals surface area (Å²) < 4.78 is 14.8. The van der Waals surface area contributed by atoms with Crippen molar-refractivity contribution in [3.8, 4) is 0 Å². The summed E-state index contributed by atoms with van der Waals surface area (Å²) in [6.07, 6.45) is 0.470. The molecular weight excluding hydrogens is 376 g/mol. The maximum atomic E-state index is 14.0. The van der Waals surface area contributed by atoms with E-state index in [0.29, 0.717) is 22.0 Å². The second-order valence-corrected chi connectivity index (χ2v) is 6.36. The van der Waals surface area contributed by atoms with Gasteiger partial charge in [0.1, 0.15) is 5.82 Å². The van der Waals surface area contributed by atoms with E-state index < -0.39 is 0 Å². The van der Waals surface area contributed by atoms with Crippen LogP contribution in [0.1, 0.15) is 24.1 Å². The molecule has 1 nitrogen and oxygen atoms in total. The molecule has 0 radical (unpaired) electrons. The minimum atomic E-state index is -0.284. The SMILES string of the molecule is CCNC(Cc1c(F)cccc1Cl)c1ccc(Br)c(Cl)c1. The van der Waals surface area contributed by atoms with Gasteiger partial charge in [-0.3, -0.25) is 0 Å². The summed E-state index contributed by atoms with van der Waals surface area (Å²) in [5.41, 5.74) is 1.52. The monoisotopic (exact) mass is 389 g/mol. The zero-order valence-corrected chi connectivity index (χ0v) is 14.6. The van der Waals surface area contributed by atoms with Crippen LogP contribution in [-0.2, 0) is 6.42 Å². The molecule has 0 aliphatic carbocycles. The number of hydrogen-bond donors (Lipinski definition) is 1. The molecule has 5 heteroatoms. The van der Waals surface area contributed by atoms with Gasteiger partial charge in [-0.2, -0.15) is 0 Å². The van der Waals surface area contributed by atoms with Crippen molar-refractivity contribution in [3.05, 3.63) is 67.9 Å². The van der Waals surface area contributed by atoms with Gasteiger partial charge in [-0.15, -0.1) is 0 Å². The molecule has 1 unspecified atom stereocenters. The normalized spacial score (nSPS) is 12.4. The molecule has 2 rings (SSSR count). The number of nitrogens with one attached hydrogen (secondary N) is 1. The minimum Gasteiger partial charge on any atom is -0.310 e. The smallest absolute Gasteiger partial charge is 0.127 e. The lowest BCUT2D eigenvalue weighted by Gasteiger charge is -2.20. The molecule has 0 heterocycles. The first-order valence-electron chi connectivity index (χ1n) is 6.64. The summed E-state index contributed by atoms with van der Waals surface area (Å²) in [6.45, 7) is 2.78. The Labute approximate surface area is 142 Å². The number of halogens is 4. The van der Waals surface area contributed by atoms with Gasteiger partial charge >= 0.3 is 0 Å². The van der Waals surface area contributed by atoms with Crippen molar-refractivity contribution in [2.45, 2.75) is 19.4 Å². The van der Waals surface area contributed by atoms with Crippen molar-refractivity contribution in [2.24, 2.45) is 0 Å². The van der Waals surface area contributed by atoms with Crippen molar-refractivity contribution < 1.29 is 4.39 Å². The lowest BCUT2D eigenvalue weighted by molar-refractivity contribution is 0.528. The minimum absolute atomic E-state index is 0.0463. The van der Waals surface area contributed by atoms with E-state index in [4.69, 9.17) is 23.2 Å². The average Bonchev–Trinajstić information content (AvgIpc) is 2.45. The molecule has 2 aromatic carbocycles. The van der Waals surface area contributed by atoms with Gasteiger partial charge in [0, 0.05) is 21.1 Å². The highest BCUT2D eigenvalue weighted by molar-refractivity contribution is 9.10. The van der Waals surface area contributed by atoms with Gasteiger partial charge in [-0.05, 0) is 58.7 Å². The molecule has 0 amide bonds. The van der Waals surface area contributed by atoms with Gasteiger partial charge in [-0.1, -0.05) is 42.3 Å². The van der Waals surface area contributed by atoms with Crippen molar-refractivity contribution in [3.63, 3.8) is 0 Å². The number of hydrogen-bond acceptors (Lipinski definition) is 1. The van der Waals surface area contributed by atoms with E-state index in [-0.39, 0.29) is 11.9 Å². The van der Waals surface area contributed by atoms with Gasteiger partial charge in [0.05, 0.1) is 5.02 Å². The maximum Gasteiger partial charge on any atom is 0.127 e. The Balaban J connectivity index is 2.33. The lowest BCUT2D eigenvalue weighted by Crippen LogP contribution is -2.23. The van der Waals surface area contributed by atoms with E-state index in [0.717, 1.165) is 16.6 Å². The van der Waals surface area contributed by atoms with Crippen LogP contribution in [0.25, 0.3) is 0 Å². The molecule has 1 atom stereocenters. The standard InChI is InChI=1S/C16H15BrCl2FN/c1-2-21-16(10-6-7-12(17)14(19)8-10)9-11-13(18)4-3-5-15(11)20/h3-8,16,21H,2,9H2,1H3. The Morgan fingerprint density at radius 1 is 1.19 bits per heavy atom. The van der Waals surface area contributed by atoms with Gasteiger partial charge in [0.15, 0.2) is 0 Å². The predicted octanol–water partition coefficient (Wildman–Crippen LogP) is 5.79. The van der Waals surface area contributed by atoms with E-state index in [1.165, 1.54) is 6.07 Å². The highest BCUT2D eigenvalue weighted by Gasteiger charge is 2.17. The zero-order chi connectivity index (χ0) is 15.4. The number of rotatable bonds is 5. The zero-order valence-electron chi connectivity index (χ0n) is 11.5. The Morgan fingerprint density at radius 2 is 1.95 bits per heavy atom. The second kappa shape index (κ2) is 7.59. The Morgan fingerprint density at radius 3 is 2.57 bits per heavy atom. The Kier molecular flexibility index (Phi) is 6.06. The van der Waals surface area contributed by atoms with Crippen LogP contribution in [0.3, 0.4) is 0 Å². The lowest BCUT2D eigenvalue weighted by atomic mass is 9.98. The molecule has 0 aliphatic rings. The molecule has 1 N–H and O–H groups in total. The molecule has 0 fully saturated rings. The fourth-order valence-electron chi connectivity index (χ4n) is 2.21. The van der Waals surface area contributed by atoms with Crippen LogP contribution in [-0.4, -0.2) is 6.54 Å². The predicted molar refractivity (Wildman–Crippen MR) is 90.7 cm³/mol. The van der Waals surface area contributed by atoms with Crippen LogP contribution < -0.4 is 5.32 Å². The van der Waals surface area contributed by atoms with Crippen molar-refractivity contribution >= 4 is 39.1 Å². The molecule has 0 spiro atoms. The summed E-state index contributed by atoms with van der Waals surface area (Å²) in [4.78, 5) is 0. The third kappa shape index (κ3) is 4.19. The van der Waals surface area contributed by atoms with Gasteiger partial charge in [-0.25, -0.2) is 4.39 Å². The van der Waals surface area contributed by atoms with Crippen LogP contribution in [0, 0.1) is 5.82 Å². The summed E-state index contributed by atoms with van der Waals surface area (Å²) in [7, 11) is 0. The third-order valence-electron chi connectivity index (χ3n) is 3.27. The number of benzene rings is 2. The summed E-state index contributed by atoms with van der Waals surface area (Å²) in [5, 5.41) is 4.43. The first-order valence-corrected chi connectivity index (χ1v) is 8.19. The molecule has 2 aromatic rings. The van der Waals surface area contributed by atoms with Crippen molar-refractivity contribution in [1.29, 1.82) is 0 Å². The molecule has 112 valence electrons. The Hall–Kier alpha value is -0.610. The topological polar surface area (TPSA) is 12.0 Å². The molecule has 0 saturated heterocycles. The fourth-order valence-corrected chi connectivity index (χ4v) is 2.89. The first-order chi connectivity index (χ1) is 10.0. The van der Waals surface area contributed by atoms with Crippen LogP contribution >= 0.6 is 39.1 Å².